The molecule has 1 aliphatic carbocycles. The van der Waals surface area contributed by atoms with Crippen LogP contribution >= 0.6 is 11.8 Å². The van der Waals surface area contributed by atoms with E-state index in [0.717, 1.165) is 11.3 Å². The lowest BCUT2D eigenvalue weighted by Gasteiger charge is -2.43. The number of carbonyl (C=O) groups is 2. The summed E-state index contributed by atoms with van der Waals surface area (Å²) in [7, 11) is 2.10. The van der Waals surface area contributed by atoms with Gasteiger partial charge in [0.15, 0.2) is 0 Å². The fraction of sp³-hybridized carbons (Fsp3) is 0.385. The number of aryl methyl sites for hydroxylation is 1. The zero-order chi connectivity index (χ0) is 22.6. The average molecular weight is 435 g/mol. The number of benzene rings is 2. The average Bonchev–Trinajstić information content (AvgIpc) is 3.02. The van der Waals surface area contributed by atoms with Crippen molar-refractivity contribution in [1.82, 2.24) is 5.32 Å². The molecule has 0 spiro atoms. The molecule has 1 fully saturated rings. The van der Waals surface area contributed by atoms with Crippen molar-refractivity contribution >= 4 is 39.6 Å². The first-order valence-corrected chi connectivity index (χ1v) is 11.5. The maximum Gasteiger partial charge on any atom is 0.291 e. The number of amides is 1. The van der Waals surface area contributed by atoms with Gasteiger partial charge in [-0.2, -0.15) is 0 Å². The SMILES string of the molecule is Cc1cc2c(cc1N(C)c1ccc(C=C3NC(=O)SC3=O)cc1)C(C)(C)CCC2(C)C. The van der Waals surface area contributed by atoms with Crippen LogP contribution < -0.4 is 10.2 Å². The number of thioether (sulfide) groups is 1. The van der Waals surface area contributed by atoms with Crippen LogP contribution in [0.5, 0.6) is 0 Å². The van der Waals surface area contributed by atoms with Gasteiger partial charge in [0.05, 0.1) is 5.70 Å². The van der Waals surface area contributed by atoms with Crippen LogP contribution in [0.3, 0.4) is 0 Å². The van der Waals surface area contributed by atoms with Gasteiger partial charge in [-0.15, -0.1) is 0 Å². The molecule has 0 radical (unpaired) electrons. The Labute approximate surface area is 189 Å². The lowest BCUT2D eigenvalue weighted by molar-refractivity contribution is -0.107. The van der Waals surface area contributed by atoms with Gasteiger partial charge in [-0.25, -0.2) is 0 Å². The standard InChI is InChI=1S/C26H30N2O2S/c1-16-13-19-20(26(4,5)12-11-25(19,2)3)15-22(16)28(6)18-9-7-17(8-10-18)14-21-23(29)31-24(30)27-21/h7-10,13-15H,11-12H2,1-6H3,(H,27,30). The minimum atomic E-state index is -0.318. The molecule has 0 aromatic heterocycles. The highest BCUT2D eigenvalue weighted by molar-refractivity contribution is 8.27. The second-order valence-electron chi connectivity index (χ2n) is 9.96. The molecule has 1 aliphatic heterocycles. The number of carbonyl (C=O) groups excluding carboxylic acids is 2. The zero-order valence-electron chi connectivity index (χ0n) is 19.1. The van der Waals surface area contributed by atoms with E-state index in [1.54, 1.807) is 6.08 Å². The minimum absolute atomic E-state index is 0.167. The van der Waals surface area contributed by atoms with Gasteiger partial charge in [-0.3, -0.25) is 9.59 Å². The van der Waals surface area contributed by atoms with Crippen molar-refractivity contribution < 1.29 is 9.59 Å². The third-order valence-corrected chi connectivity index (χ3v) is 7.46. The smallest absolute Gasteiger partial charge is 0.291 e. The molecule has 2 aromatic rings. The van der Waals surface area contributed by atoms with Gasteiger partial charge in [0.1, 0.15) is 0 Å². The highest BCUT2D eigenvalue weighted by Gasteiger charge is 2.37. The summed E-state index contributed by atoms with van der Waals surface area (Å²) in [5.41, 5.74) is 8.08. The van der Waals surface area contributed by atoms with E-state index >= 15 is 0 Å². The van der Waals surface area contributed by atoms with Crippen LogP contribution in [0.1, 0.15) is 62.8 Å². The topological polar surface area (TPSA) is 49.4 Å². The van der Waals surface area contributed by atoms with Crippen LogP contribution in [0.4, 0.5) is 16.2 Å². The van der Waals surface area contributed by atoms with Crippen molar-refractivity contribution in [3.63, 3.8) is 0 Å². The van der Waals surface area contributed by atoms with E-state index in [-0.39, 0.29) is 21.2 Å². The molecular weight excluding hydrogens is 404 g/mol. The summed E-state index contributed by atoms with van der Waals surface area (Å²) in [6, 6.07) is 12.8. The fourth-order valence-electron chi connectivity index (χ4n) is 4.59. The van der Waals surface area contributed by atoms with Crippen LogP contribution in [0.25, 0.3) is 6.08 Å². The normalized spacial score (nSPS) is 20.5. The fourth-order valence-corrected chi connectivity index (χ4v) is 5.14. The van der Waals surface area contributed by atoms with E-state index in [1.807, 2.05) is 12.1 Å². The number of hydrogen-bond donors (Lipinski definition) is 1. The molecule has 162 valence electrons. The van der Waals surface area contributed by atoms with Crippen LogP contribution in [0.15, 0.2) is 42.1 Å². The third kappa shape index (κ3) is 4.03. The Balaban J connectivity index is 1.66. The molecule has 0 bridgehead atoms. The molecule has 1 heterocycles. The molecule has 2 aromatic carbocycles. The van der Waals surface area contributed by atoms with Crippen LogP contribution in [-0.2, 0) is 15.6 Å². The van der Waals surface area contributed by atoms with E-state index in [0.29, 0.717) is 17.5 Å². The maximum absolute atomic E-state index is 11.8. The minimum Gasteiger partial charge on any atom is -0.344 e. The van der Waals surface area contributed by atoms with Crippen molar-refractivity contribution in [1.29, 1.82) is 0 Å². The molecule has 31 heavy (non-hydrogen) atoms. The highest BCUT2D eigenvalue weighted by Crippen LogP contribution is 2.48. The van der Waals surface area contributed by atoms with Gasteiger partial charge in [0, 0.05) is 30.2 Å². The predicted molar refractivity (Wildman–Crippen MR) is 130 cm³/mol. The molecule has 4 nitrogen and oxygen atoms in total. The van der Waals surface area contributed by atoms with E-state index in [1.165, 1.54) is 35.2 Å². The van der Waals surface area contributed by atoms with Crippen molar-refractivity contribution in [2.24, 2.45) is 0 Å². The summed E-state index contributed by atoms with van der Waals surface area (Å²) in [6.45, 7) is 11.6. The zero-order valence-corrected chi connectivity index (χ0v) is 19.9. The van der Waals surface area contributed by atoms with Gasteiger partial charge in [0.2, 0.25) is 5.12 Å². The quantitative estimate of drug-likeness (QED) is 0.565. The molecule has 2 aliphatic rings. The van der Waals surface area contributed by atoms with Crippen LogP contribution in [0.2, 0.25) is 0 Å². The summed E-state index contributed by atoms with van der Waals surface area (Å²) in [4.78, 5) is 25.4. The largest absolute Gasteiger partial charge is 0.344 e. The van der Waals surface area contributed by atoms with E-state index in [9.17, 15) is 9.59 Å². The molecule has 0 unspecified atom stereocenters. The third-order valence-electron chi connectivity index (χ3n) is 6.76. The van der Waals surface area contributed by atoms with Gasteiger partial charge in [-0.1, -0.05) is 45.9 Å². The van der Waals surface area contributed by atoms with Gasteiger partial charge in [-0.05, 0) is 77.1 Å². The molecule has 0 atom stereocenters. The van der Waals surface area contributed by atoms with Crippen molar-refractivity contribution in [2.45, 2.75) is 58.3 Å². The Kier molecular flexibility index (Phi) is 5.29. The molecular formula is C26H30N2O2S. The first-order valence-electron chi connectivity index (χ1n) is 10.7. The highest BCUT2D eigenvalue weighted by atomic mass is 32.2. The van der Waals surface area contributed by atoms with Crippen molar-refractivity contribution in [3.8, 4) is 0 Å². The van der Waals surface area contributed by atoms with Crippen LogP contribution in [-0.4, -0.2) is 17.4 Å². The second-order valence-corrected chi connectivity index (χ2v) is 10.9. The van der Waals surface area contributed by atoms with E-state index in [2.05, 4.69) is 76.1 Å². The van der Waals surface area contributed by atoms with Gasteiger partial charge >= 0.3 is 0 Å². The molecule has 0 saturated carbocycles. The first kappa shape index (κ1) is 21.7. The van der Waals surface area contributed by atoms with Crippen molar-refractivity contribution in [2.75, 3.05) is 11.9 Å². The first-order chi connectivity index (χ1) is 14.5. The summed E-state index contributed by atoms with van der Waals surface area (Å²) in [5.74, 6) is 0. The number of fused-ring (bicyclic) bond motifs is 1. The van der Waals surface area contributed by atoms with Crippen molar-refractivity contribution in [3.05, 3.63) is 64.3 Å². The number of nitrogens with zero attached hydrogens (tertiary/aromatic N) is 1. The summed E-state index contributed by atoms with van der Waals surface area (Å²) in [5, 5.41) is 2.04. The second kappa shape index (κ2) is 7.56. The molecule has 4 rings (SSSR count). The Morgan fingerprint density at radius 1 is 0.968 bits per heavy atom. The Bertz CT molecular complexity index is 1100. The molecule has 1 N–H and O–H groups in total. The van der Waals surface area contributed by atoms with E-state index in [4.69, 9.17) is 0 Å². The number of hydrogen-bond acceptors (Lipinski definition) is 4. The molecule has 1 saturated heterocycles. The summed E-state index contributed by atoms with van der Waals surface area (Å²) < 4.78 is 0. The monoisotopic (exact) mass is 434 g/mol. The van der Waals surface area contributed by atoms with E-state index < -0.39 is 0 Å². The van der Waals surface area contributed by atoms with Gasteiger partial charge in [0.25, 0.3) is 5.24 Å². The molecule has 1 amide bonds. The number of anilines is 2. The Morgan fingerprint density at radius 2 is 1.55 bits per heavy atom. The van der Waals surface area contributed by atoms with Crippen LogP contribution in [0, 0.1) is 6.92 Å². The predicted octanol–water partition coefficient (Wildman–Crippen LogP) is 6.44. The number of rotatable bonds is 3. The summed E-state index contributed by atoms with van der Waals surface area (Å²) >= 11 is 0.700. The molecule has 5 heteroatoms. The summed E-state index contributed by atoms with van der Waals surface area (Å²) in [6.07, 6.45) is 4.12. The Morgan fingerprint density at radius 3 is 2.10 bits per heavy atom. The maximum atomic E-state index is 11.8. The van der Waals surface area contributed by atoms with Gasteiger partial charge < -0.3 is 10.2 Å². The Hall–Kier alpha value is -2.53. The lowest BCUT2D eigenvalue weighted by atomic mass is 9.63. The number of nitrogens with one attached hydrogen (secondary N) is 1. The lowest BCUT2D eigenvalue weighted by Crippen LogP contribution is -2.34.